The van der Waals surface area contributed by atoms with Gasteiger partial charge < -0.3 is 10.6 Å². The topological polar surface area (TPSA) is 41.1 Å². The molecule has 0 aliphatic heterocycles. The number of benzene rings is 1. The Morgan fingerprint density at radius 2 is 2.12 bits per heavy atom. The van der Waals surface area contributed by atoms with Crippen LogP contribution in [0.15, 0.2) is 24.3 Å². The molecule has 1 amide bonds. The third kappa shape index (κ3) is 5.00. The lowest BCUT2D eigenvalue weighted by molar-refractivity contribution is -0.115. The Balaban J connectivity index is 2.50. The van der Waals surface area contributed by atoms with Gasteiger partial charge in [0.05, 0.1) is 6.54 Å². The molecule has 2 N–H and O–H groups in total. The van der Waals surface area contributed by atoms with Gasteiger partial charge >= 0.3 is 0 Å². The van der Waals surface area contributed by atoms with Crippen LogP contribution < -0.4 is 10.6 Å². The SMILES string of the molecule is CCCNCC(=O)Nc1cccc(C(C)C)c1. The normalized spacial score (nSPS) is 10.6. The van der Waals surface area contributed by atoms with Crippen molar-refractivity contribution in [1.29, 1.82) is 0 Å². The fraction of sp³-hybridized carbons (Fsp3) is 0.500. The number of anilines is 1. The van der Waals surface area contributed by atoms with Gasteiger partial charge in [-0.05, 0) is 36.6 Å². The third-order valence-electron chi connectivity index (χ3n) is 2.55. The first-order valence-electron chi connectivity index (χ1n) is 6.24. The van der Waals surface area contributed by atoms with Crippen LogP contribution in [0.2, 0.25) is 0 Å². The number of amides is 1. The predicted octanol–water partition coefficient (Wildman–Crippen LogP) is 2.75. The number of rotatable bonds is 6. The van der Waals surface area contributed by atoms with Gasteiger partial charge in [0, 0.05) is 5.69 Å². The Hall–Kier alpha value is -1.35. The summed E-state index contributed by atoms with van der Waals surface area (Å²) in [6, 6.07) is 8.01. The van der Waals surface area contributed by atoms with E-state index in [9.17, 15) is 4.79 Å². The van der Waals surface area contributed by atoms with E-state index in [-0.39, 0.29) is 5.91 Å². The largest absolute Gasteiger partial charge is 0.325 e. The van der Waals surface area contributed by atoms with Crippen molar-refractivity contribution in [1.82, 2.24) is 5.32 Å². The van der Waals surface area contributed by atoms with Gasteiger partial charge in [-0.15, -0.1) is 0 Å². The zero-order chi connectivity index (χ0) is 12.7. The molecule has 0 aromatic heterocycles. The molecule has 1 aromatic rings. The van der Waals surface area contributed by atoms with E-state index in [2.05, 4.69) is 37.5 Å². The lowest BCUT2D eigenvalue weighted by atomic mass is 10.0. The molecule has 0 saturated carbocycles. The van der Waals surface area contributed by atoms with Crippen LogP contribution in [0.4, 0.5) is 5.69 Å². The molecular weight excluding hydrogens is 212 g/mol. The molecule has 0 unspecified atom stereocenters. The minimum atomic E-state index is 0.0133. The minimum absolute atomic E-state index is 0.0133. The molecule has 3 heteroatoms. The van der Waals surface area contributed by atoms with Gasteiger partial charge in [-0.1, -0.05) is 32.9 Å². The molecule has 17 heavy (non-hydrogen) atoms. The predicted molar refractivity (Wildman–Crippen MR) is 72.3 cm³/mol. The summed E-state index contributed by atoms with van der Waals surface area (Å²) < 4.78 is 0. The van der Waals surface area contributed by atoms with Gasteiger partial charge in [0.15, 0.2) is 0 Å². The van der Waals surface area contributed by atoms with Crippen LogP contribution in [0.25, 0.3) is 0 Å². The fourth-order valence-corrected chi connectivity index (χ4v) is 1.56. The van der Waals surface area contributed by atoms with Crippen LogP contribution in [0, 0.1) is 0 Å². The minimum Gasteiger partial charge on any atom is -0.325 e. The van der Waals surface area contributed by atoms with Crippen molar-refractivity contribution in [3.8, 4) is 0 Å². The van der Waals surface area contributed by atoms with Crippen molar-refractivity contribution in [3.63, 3.8) is 0 Å². The van der Waals surface area contributed by atoms with Crippen LogP contribution in [-0.4, -0.2) is 19.0 Å². The third-order valence-corrected chi connectivity index (χ3v) is 2.55. The van der Waals surface area contributed by atoms with Gasteiger partial charge in [0.25, 0.3) is 0 Å². The summed E-state index contributed by atoms with van der Waals surface area (Å²) in [6.07, 6.45) is 1.04. The summed E-state index contributed by atoms with van der Waals surface area (Å²) in [5.74, 6) is 0.490. The lowest BCUT2D eigenvalue weighted by Gasteiger charge is -2.09. The Labute approximate surface area is 104 Å². The zero-order valence-corrected chi connectivity index (χ0v) is 10.9. The molecule has 94 valence electrons. The average molecular weight is 234 g/mol. The first-order chi connectivity index (χ1) is 8.13. The maximum Gasteiger partial charge on any atom is 0.238 e. The van der Waals surface area contributed by atoms with Crippen LogP contribution in [0.5, 0.6) is 0 Å². The molecule has 0 saturated heterocycles. The highest BCUT2D eigenvalue weighted by Gasteiger charge is 2.03. The highest BCUT2D eigenvalue weighted by atomic mass is 16.1. The van der Waals surface area contributed by atoms with E-state index in [0.717, 1.165) is 18.7 Å². The molecule has 1 aromatic carbocycles. The molecular formula is C14H22N2O. The van der Waals surface area contributed by atoms with E-state index in [4.69, 9.17) is 0 Å². The molecule has 0 bridgehead atoms. The van der Waals surface area contributed by atoms with Crippen molar-refractivity contribution >= 4 is 11.6 Å². The van der Waals surface area contributed by atoms with Crippen LogP contribution >= 0.6 is 0 Å². The summed E-state index contributed by atoms with van der Waals surface area (Å²) in [4.78, 5) is 11.6. The second kappa shape index (κ2) is 7.07. The molecule has 1 rings (SSSR count). The zero-order valence-electron chi connectivity index (χ0n) is 10.9. The summed E-state index contributed by atoms with van der Waals surface area (Å²) in [7, 11) is 0. The van der Waals surface area contributed by atoms with Gasteiger partial charge in [-0.2, -0.15) is 0 Å². The molecule has 0 aliphatic carbocycles. The maximum absolute atomic E-state index is 11.6. The number of carbonyl (C=O) groups excluding carboxylic acids is 1. The first-order valence-corrected chi connectivity index (χ1v) is 6.24. The molecule has 0 aliphatic rings. The number of hydrogen-bond acceptors (Lipinski definition) is 2. The van der Waals surface area contributed by atoms with Crippen molar-refractivity contribution in [3.05, 3.63) is 29.8 Å². The van der Waals surface area contributed by atoms with Crippen molar-refractivity contribution in [2.45, 2.75) is 33.1 Å². The summed E-state index contributed by atoms with van der Waals surface area (Å²) in [6.45, 7) is 7.61. The summed E-state index contributed by atoms with van der Waals surface area (Å²) >= 11 is 0. The standard InChI is InChI=1S/C14H22N2O/c1-4-8-15-10-14(17)16-13-7-5-6-12(9-13)11(2)3/h5-7,9,11,15H,4,8,10H2,1-3H3,(H,16,17). The summed E-state index contributed by atoms with van der Waals surface area (Å²) in [5, 5.41) is 5.98. The van der Waals surface area contributed by atoms with E-state index >= 15 is 0 Å². The first kappa shape index (κ1) is 13.7. The van der Waals surface area contributed by atoms with Gasteiger partial charge in [-0.3, -0.25) is 4.79 Å². The van der Waals surface area contributed by atoms with E-state index in [1.54, 1.807) is 0 Å². The van der Waals surface area contributed by atoms with Crippen molar-refractivity contribution in [2.24, 2.45) is 0 Å². The Morgan fingerprint density at radius 1 is 1.35 bits per heavy atom. The highest BCUT2D eigenvalue weighted by molar-refractivity contribution is 5.92. The van der Waals surface area contributed by atoms with Crippen molar-refractivity contribution < 1.29 is 4.79 Å². The smallest absolute Gasteiger partial charge is 0.238 e. The quantitative estimate of drug-likeness (QED) is 0.743. The molecule has 3 nitrogen and oxygen atoms in total. The molecule has 0 heterocycles. The Kier molecular flexibility index (Phi) is 5.70. The Morgan fingerprint density at radius 3 is 2.76 bits per heavy atom. The van der Waals surface area contributed by atoms with E-state index in [0.29, 0.717) is 12.5 Å². The Bertz CT molecular complexity index is 361. The number of carbonyl (C=O) groups is 1. The lowest BCUT2D eigenvalue weighted by Crippen LogP contribution is -2.28. The van der Waals surface area contributed by atoms with Gasteiger partial charge in [0.1, 0.15) is 0 Å². The maximum atomic E-state index is 11.6. The molecule has 0 radical (unpaired) electrons. The van der Waals surface area contributed by atoms with Gasteiger partial charge in [-0.25, -0.2) is 0 Å². The number of hydrogen-bond donors (Lipinski definition) is 2. The van der Waals surface area contributed by atoms with E-state index < -0.39 is 0 Å². The van der Waals surface area contributed by atoms with Crippen molar-refractivity contribution in [2.75, 3.05) is 18.4 Å². The average Bonchev–Trinajstić information content (AvgIpc) is 2.29. The van der Waals surface area contributed by atoms with Gasteiger partial charge in [0.2, 0.25) is 5.91 Å². The number of nitrogens with one attached hydrogen (secondary N) is 2. The van der Waals surface area contributed by atoms with Crippen LogP contribution in [0.3, 0.4) is 0 Å². The molecule has 0 atom stereocenters. The molecule has 0 spiro atoms. The molecule has 0 fully saturated rings. The highest BCUT2D eigenvalue weighted by Crippen LogP contribution is 2.18. The monoisotopic (exact) mass is 234 g/mol. The van der Waals surface area contributed by atoms with Crippen LogP contribution in [-0.2, 0) is 4.79 Å². The summed E-state index contributed by atoms with van der Waals surface area (Å²) in [5.41, 5.74) is 2.11. The second-order valence-corrected chi connectivity index (χ2v) is 4.51. The second-order valence-electron chi connectivity index (χ2n) is 4.51. The van der Waals surface area contributed by atoms with E-state index in [1.165, 1.54) is 5.56 Å². The van der Waals surface area contributed by atoms with E-state index in [1.807, 2.05) is 18.2 Å². The van der Waals surface area contributed by atoms with Crippen LogP contribution in [0.1, 0.15) is 38.7 Å². The fourth-order valence-electron chi connectivity index (χ4n) is 1.56.